The van der Waals surface area contributed by atoms with E-state index in [4.69, 9.17) is 4.98 Å². The molecule has 0 bridgehead atoms. The molecule has 4 aromatic rings. The molecule has 172 valence electrons. The second-order valence-corrected chi connectivity index (χ2v) is 8.46. The largest absolute Gasteiger partial charge is 0.348 e. The van der Waals surface area contributed by atoms with E-state index in [-0.39, 0.29) is 23.9 Å². The summed E-state index contributed by atoms with van der Waals surface area (Å²) in [4.78, 5) is 24.1. The van der Waals surface area contributed by atoms with Gasteiger partial charge >= 0.3 is 0 Å². The van der Waals surface area contributed by atoms with Crippen molar-refractivity contribution in [2.45, 2.75) is 38.8 Å². The van der Waals surface area contributed by atoms with Gasteiger partial charge in [-0.15, -0.1) is 0 Å². The van der Waals surface area contributed by atoms with Gasteiger partial charge in [0.15, 0.2) is 0 Å². The van der Waals surface area contributed by atoms with Gasteiger partial charge in [-0.2, -0.15) is 4.98 Å². The molecule has 0 spiro atoms. The summed E-state index contributed by atoms with van der Waals surface area (Å²) in [6.07, 6.45) is 1.70. The highest BCUT2D eigenvalue weighted by Crippen LogP contribution is 2.38. The molecule has 1 heterocycles. The van der Waals surface area contributed by atoms with Gasteiger partial charge in [0.05, 0.1) is 12.1 Å². The Hall–Kier alpha value is -3.99. The molecule has 34 heavy (non-hydrogen) atoms. The number of nitrogens with zero attached hydrogens (tertiary/aromatic N) is 3. The van der Waals surface area contributed by atoms with Crippen LogP contribution in [0.3, 0.4) is 0 Å². The van der Waals surface area contributed by atoms with Crippen LogP contribution in [0.5, 0.6) is 0 Å². The average Bonchev–Trinajstić information content (AvgIpc) is 2.88. The van der Waals surface area contributed by atoms with E-state index < -0.39 is 0 Å². The first kappa shape index (κ1) is 23.2. The molecule has 5 nitrogen and oxygen atoms in total. The lowest BCUT2D eigenvalue weighted by Gasteiger charge is -2.35. The van der Waals surface area contributed by atoms with Crippen LogP contribution in [0.2, 0.25) is 0 Å². The maximum Gasteiger partial charge on any atom is 0.225 e. The summed E-state index contributed by atoms with van der Waals surface area (Å²) >= 11 is 0. The normalized spacial score (nSPS) is 13.5. The number of rotatable bonds is 8. The third-order valence-electron chi connectivity index (χ3n) is 6.09. The zero-order chi connectivity index (χ0) is 23.9. The molecule has 1 amide bonds. The van der Waals surface area contributed by atoms with Crippen LogP contribution in [0.1, 0.15) is 55.5 Å². The molecule has 3 atom stereocenters. The Kier molecular flexibility index (Phi) is 7.33. The standard InChI is InChI=1S/C29H30N4O/c1-21(24-13-7-4-8-14-24)28(26-17-11-6-12-18-26)33(23(3)34)27-19-20-30-29(32-27)31-22(2)25-15-9-5-10-16-25/h4-22,28H,1-3H3,(H,30,31,32)/t21-,22-,28-/m0/s1. The molecule has 0 saturated heterocycles. The number of carbonyl (C=O) groups excluding carboxylic acids is 1. The summed E-state index contributed by atoms with van der Waals surface area (Å²) < 4.78 is 0. The first-order chi connectivity index (χ1) is 16.5. The number of hydrogen-bond acceptors (Lipinski definition) is 4. The van der Waals surface area contributed by atoms with Gasteiger partial charge in [-0.05, 0) is 29.7 Å². The number of nitrogens with one attached hydrogen (secondary N) is 1. The molecule has 1 N–H and O–H groups in total. The molecule has 0 aliphatic heterocycles. The van der Waals surface area contributed by atoms with Crippen molar-refractivity contribution in [1.82, 2.24) is 9.97 Å². The molecule has 0 aliphatic rings. The van der Waals surface area contributed by atoms with Gasteiger partial charge in [0.1, 0.15) is 5.82 Å². The zero-order valence-corrected chi connectivity index (χ0v) is 19.8. The van der Waals surface area contributed by atoms with Gasteiger partial charge in [0, 0.05) is 19.0 Å². The fourth-order valence-electron chi connectivity index (χ4n) is 4.32. The maximum atomic E-state index is 13.1. The molecule has 1 aromatic heterocycles. The molecule has 0 fully saturated rings. The van der Waals surface area contributed by atoms with E-state index in [0.717, 1.165) is 16.7 Å². The highest BCUT2D eigenvalue weighted by Gasteiger charge is 2.31. The summed E-state index contributed by atoms with van der Waals surface area (Å²) in [5.74, 6) is 1.03. The number of amides is 1. The van der Waals surface area contributed by atoms with Crippen LogP contribution >= 0.6 is 0 Å². The quantitative estimate of drug-likeness (QED) is 0.331. The Labute approximate surface area is 201 Å². The van der Waals surface area contributed by atoms with Crippen molar-refractivity contribution in [3.63, 3.8) is 0 Å². The van der Waals surface area contributed by atoms with Gasteiger partial charge in [0.25, 0.3) is 0 Å². The zero-order valence-electron chi connectivity index (χ0n) is 19.8. The number of anilines is 2. The minimum absolute atomic E-state index is 0.0235. The Balaban J connectivity index is 1.71. The van der Waals surface area contributed by atoms with Crippen LogP contribution in [0.15, 0.2) is 103 Å². The van der Waals surface area contributed by atoms with Crippen LogP contribution < -0.4 is 10.2 Å². The SMILES string of the molecule is CC(=O)N(c1ccnc(N[C@@H](C)c2ccccc2)n1)[C@H](c1ccccc1)[C@@H](C)c1ccccc1. The van der Waals surface area contributed by atoms with Gasteiger partial charge in [-0.3, -0.25) is 9.69 Å². The first-order valence-corrected chi connectivity index (χ1v) is 11.6. The third-order valence-corrected chi connectivity index (χ3v) is 6.09. The molecular formula is C29H30N4O. The first-order valence-electron chi connectivity index (χ1n) is 11.6. The van der Waals surface area contributed by atoms with Crippen LogP contribution in [-0.4, -0.2) is 15.9 Å². The Morgan fingerprint density at radius 3 is 1.85 bits per heavy atom. The summed E-state index contributed by atoms with van der Waals surface area (Å²) in [6.45, 7) is 5.81. The lowest BCUT2D eigenvalue weighted by molar-refractivity contribution is -0.117. The smallest absolute Gasteiger partial charge is 0.225 e. The molecule has 4 rings (SSSR count). The van der Waals surface area contributed by atoms with Gasteiger partial charge < -0.3 is 5.32 Å². The second-order valence-electron chi connectivity index (χ2n) is 8.46. The fraction of sp³-hybridized carbons (Fsp3) is 0.207. The van der Waals surface area contributed by atoms with E-state index in [1.165, 1.54) is 0 Å². The third kappa shape index (κ3) is 5.31. The minimum Gasteiger partial charge on any atom is -0.348 e. The van der Waals surface area contributed by atoms with Crippen molar-refractivity contribution in [2.24, 2.45) is 0 Å². The van der Waals surface area contributed by atoms with Crippen molar-refractivity contribution in [2.75, 3.05) is 10.2 Å². The van der Waals surface area contributed by atoms with Gasteiger partial charge in [-0.1, -0.05) is 97.9 Å². The highest BCUT2D eigenvalue weighted by molar-refractivity contribution is 5.91. The summed E-state index contributed by atoms with van der Waals surface area (Å²) in [6, 6.07) is 32.2. The molecule has 0 saturated carbocycles. The summed E-state index contributed by atoms with van der Waals surface area (Å²) in [5.41, 5.74) is 3.35. The van der Waals surface area contributed by atoms with E-state index >= 15 is 0 Å². The monoisotopic (exact) mass is 450 g/mol. The second kappa shape index (κ2) is 10.8. The Morgan fingerprint density at radius 2 is 1.29 bits per heavy atom. The predicted octanol–water partition coefficient (Wildman–Crippen LogP) is 6.55. The van der Waals surface area contributed by atoms with E-state index in [0.29, 0.717) is 11.8 Å². The average molecular weight is 451 g/mol. The number of carbonyl (C=O) groups is 1. The van der Waals surface area contributed by atoms with E-state index in [9.17, 15) is 4.79 Å². The van der Waals surface area contributed by atoms with E-state index in [1.807, 2.05) is 54.6 Å². The Morgan fingerprint density at radius 1 is 0.765 bits per heavy atom. The molecule has 3 aromatic carbocycles. The van der Waals surface area contributed by atoms with Crippen LogP contribution in [0.25, 0.3) is 0 Å². The van der Waals surface area contributed by atoms with Gasteiger partial charge in [-0.25, -0.2) is 4.98 Å². The molecule has 0 unspecified atom stereocenters. The van der Waals surface area contributed by atoms with Crippen LogP contribution in [0.4, 0.5) is 11.8 Å². The highest BCUT2D eigenvalue weighted by atomic mass is 16.2. The number of aromatic nitrogens is 2. The molecular weight excluding hydrogens is 420 g/mol. The number of benzene rings is 3. The predicted molar refractivity (Wildman–Crippen MR) is 138 cm³/mol. The molecule has 5 heteroatoms. The van der Waals surface area contributed by atoms with E-state index in [2.05, 4.69) is 60.5 Å². The topological polar surface area (TPSA) is 58.1 Å². The van der Waals surface area contributed by atoms with Crippen molar-refractivity contribution < 1.29 is 4.79 Å². The maximum absolute atomic E-state index is 13.1. The number of hydrogen-bond donors (Lipinski definition) is 1. The van der Waals surface area contributed by atoms with E-state index in [1.54, 1.807) is 24.1 Å². The summed E-state index contributed by atoms with van der Waals surface area (Å²) in [5, 5.41) is 3.37. The molecule has 0 radical (unpaired) electrons. The van der Waals surface area contributed by atoms with Crippen molar-refractivity contribution in [3.8, 4) is 0 Å². The summed E-state index contributed by atoms with van der Waals surface area (Å²) in [7, 11) is 0. The fourth-order valence-corrected chi connectivity index (χ4v) is 4.32. The van der Waals surface area contributed by atoms with Crippen molar-refractivity contribution in [3.05, 3.63) is 120 Å². The van der Waals surface area contributed by atoms with Crippen LogP contribution in [-0.2, 0) is 4.79 Å². The molecule has 0 aliphatic carbocycles. The van der Waals surface area contributed by atoms with Crippen LogP contribution in [0, 0.1) is 0 Å². The van der Waals surface area contributed by atoms with Crippen molar-refractivity contribution >= 4 is 17.7 Å². The van der Waals surface area contributed by atoms with Crippen molar-refractivity contribution in [1.29, 1.82) is 0 Å². The lowest BCUT2D eigenvalue weighted by atomic mass is 9.87. The Bertz CT molecular complexity index is 1200. The lowest BCUT2D eigenvalue weighted by Crippen LogP contribution is -2.36. The minimum atomic E-state index is -0.226. The van der Waals surface area contributed by atoms with Gasteiger partial charge in [0.2, 0.25) is 11.9 Å².